The molecular formula is C23H29P. The molecular weight excluding hydrogens is 307 g/mol. The molecule has 0 aliphatic heterocycles. The van der Waals surface area contributed by atoms with E-state index >= 15 is 0 Å². The van der Waals surface area contributed by atoms with E-state index in [1.54, 1.807) is 10.6 Å². The summed E-state index contributed by atoms with van der Waals surface area (Å²) in [5.41, 5.74) is 0.885. The molecule has 2 saturated carbocycles. The summed E-state index contributed by atoms with van der Waals surface area (Å²) >= 11 is 0. The summed E-state index contributed by atoms with van der Waals surface area (Å²) in [4.78, 5) is 0. The maximum atomic E-state index is 2.51. The topological polar surface area (TPSA) is 0 Å². The van der Waals surface area contributed by atoms with Crippen molar-refractivity contribution in [1.82, 2.24) is 0 Å². The van der Waals surface area contributed by atoms with Crippen molar-refractivity contribution in [1.29, 1.82) is 0 Å². The van der Waals surface area contributed by atoms with Crippen LogP contribution in [0.4, 0.5) is 0 Å². The van der Waals surface area contributed by atoms with Crippen LogP contribution in [0.3, 0.4) is 0 Å². The molecule has 0 saturated heterocycles. The lowest BCUT2D eigenvalue weighted by atomic mass is 9.83. The van der Waals surface area contributed by atoms with E-state index in [9.17, 15) is 0 Å². The van der Waals surface area contributed by atoms with Crippen LogP contribution >= 0.6 is 7.92 Å². The normalized spacial score (nSPS) is 30.1. The molecule has 24 heavy (non-hydrogen) atoms. The quantitative estimate of drug-likeness (QED) is 0.626. The van der Waals surface area contributed by atoms with Crippen molar-refractivity contribution in [2.24, 2.45) is 17.8 Å². The molecule has 2 aromatic rings. The molecule has 2 unspecified atom stereocenters. The van der Waals surface area contributed by atoms with Crippen LogP contribution in [0.5, 0.6) is 0 Å². The van der Waals surface area contributed by atoms with E-state index in [4.69, 9.17) is 0 Å². The van der Waals surface area contributed by atoms with Gasteiger partial charge in [-0.2, -0.15) is 0 Å². The number of rotatable bonds is 4. The monoisotopic (exact) mass is 336 g/mol. The Morgan fingerprint density at radius 3 is 1.75 bits per heavy atom. The van der Waals surface area contributed by atoms with E-state index in [2.05, 4.69) is 67.6 Å². The second-order valence-corrected chi connectivity index (χ2v) is 10.2. The number of hydrogen-bond donors (Lipinski definition) is 0. The Bertz CT molecular complexity index is 596. The molecule has 0 aromatic heterocycles. The zero-order valence-electron chi connectivity index (χ0n) is 14.8. The van der Waals surface area contributed by atoms with Gasteiger partial charge in [-0.15, -0.1) is 0 Å². The van der Waals surface area contributed by atoms with Gasteiger partial charge in [-0.1, -0.05) is 86.8 Å². The number of benzene rings is 2. The first kappa shape index (κ1) is 16.3. The fourth-order valence-corrected chi connectivity index (χ4v) is 8.55. The van der Waals surface area contributed by atoms with Crippen molar-refractivity contribution in [2.45, 2.75) is 51.1 Å². The van der Waals surface area contributed by atoms with Gasteiger partial charge in [0.25, 0.3) is 0 Å². The van der Waals surface area contributed by atoms with Gasteiger partial charge in [-0.25, -0.2) is 0 Å². The molecule has 0 heterocycles. The van der Waals surface area contributed by atoms with Crippen LogP contribution in [0.25, 0.3) is 0 Å². The van der Waals surface area contributed by atoms with Crippen LogP contribution in [-0.2, 0) is 0 Å². The average Bonchev–Trinajstić information content (AvgIpc) is 3.26. The predicted octanol–water partition coefficient (Wildman–Crippen LogP) is 5.72. The highest BCUT2D eigenvalue weighted by Crippen LogP contribution is 2.55. The molecule has 126 valence electrons. The highest BCUT2D eigenvalue weighted by atomic mass is 31.1. The summed E-state index contributed by atoms with van der Waals surface area (Å²) in [6.45, 7) is 2.51. The first-order valence-electron chi connectivity index (χ1n) is 9.74. The van der Waals surface area contributed by atoms with Gasteiger partial charge in [-0.3, -0.25) is 0 Å². The minimum Gasteiger partial charge on any atom is -0.0622 e. The summed E-state index contributed by atoms with van der Waals surface area (Å²) in [6.07, 6.45) is 8.75. The Balaban J connectivity index is 1.70. The summed E-state index contributed by atoms with van der Waals surface area (Å²) in [7, 11) is -0.226. The van der Waals surface area contributed by atoms with Gasteiger partial charge in [-0.05, 0) is 61.2 Å². The maximum Gasteiger partial charge on any atom is -0.00977 e. The lowest BCUT2D eigenvalue weighted by Crippen LogP contribution is -2.29. The summed E-state index contributed by atoms with van der Waals surface area (Å²) in [5, 5.41) is 3.17. The maximum absolute atomic E-state index is 2.51. The van der Waals surface area contributed by atoms with Crippen LogP contribution in [0.15, 0.2) is 60.7 Å². The second kappa shape index (κ2) is 7.40. The molecule has 0 amide bonds. The van der Waals surface area contributed by atoms with Gasteiger partial charge in [0.2, 0.25) is 0 Å². The third kappa shape index (κ3) is 3.18. The van der Waals surface area contributed by atoms with E-state index in [1.165, 1.54) is 38.5 Å². The third-order valence-corrected chi connectivity index (χ3v) is 9.42. The minimum absolute atomic E-state index is 0.226. The molecule has 2 aliphatic carbocycles. The first-order chi connectivity index (χ1) is 11.8. The van der Waals surface area contributed by atoms with Gasteiger partial charge in [0.15, 0.2) is 0 Å². The highest BCUT2D eigenvalue weighted by molar-refractivity contribution is 7.73. The van der Waals surface area contributed by atoms with Crippen molar-refractivity contribution in [2.75, 3.05) is 0 Å². The summed E-state index contributed by atoms with van der Waals surface area (Å²) < 4.78 is 0. The molecule has 1 heteroatoms. The van der Waals surface area contributed by atoms with Crippen LogP contribution in [0, 0.1) is 17.8 Å². The lowest BCUT2D eigenvalue weighted by Gasteiger charge is -2.35. The van der Waals surface area contributed by atoms with E-state index in [0.717, 1.165) is 23.4 Å². The standard InChI is InChI=1S/C23H29P/c1-18-10-8-15-21(18)22-16-9-17-23(22)24(19-11-4-2-5-12-19)20-13-6-3-7-14-20/h2-7,11-14,18,21-23H,8-10,15-17H2,1H3/t18-,21?,22?,23-/m1/s1. The smallest absolute Gasteiger partial charge is 0.00977 e. The van der Waals surface area contributed by atoms with Gasteiger partial charge in [0.05, 0.1) is 0 Å². The molecule has 2 aliphatic rings. The highest BCUT2D eigenvalue weighted by Gasteiger charge is 2.42. The molecule has 0 N–H and O–H groups in total. The van der Waals surface area contributed by atoms with Crippen LogP contribution < -0.4 is 10.6 Å². The fraction of sp³-hybridized carbons (Fsp3) is 0.478. The SMILES string of the molecule is C[C@@H]1CCCC1C1CCC[C@H]1P(c1ccccc1)c1ccccc1. The number of hydrogen-bond acceptors (Lipinski definition) is 0. The third-order valence-electron chi connectivity index (χ3n) is 6.41. The van der Waals surface area contributed by atoms with Gasteiger partial charge < -0.3 is 0 Å². The van der Waals surface area contributed by atoms with E-state index in [0.29, 0.717) is 0 Å². The van der Waals surface area contributed by atoms with Gasteiger partial charge >= 0.3 is 0 Å². The van der Waals surface area contributed by atoms with Crippen molar-refractivity contribution >= 4 is 18.5 Å². The van der Waals surface area contributed by atoms with Crippen LogP contribution in [-0.4, -0.2) is 5.66 Å². The molecule has 0 nitrogen and oxygen atoms in total. The summed E-state index contributed by atoms with van der Waals surface area (Å²) in [5.74, 6) is 2.88. The molecule has 0 radical (unpaired) electrons. The Morgan fingerprint density at radius 2 is 1.21 bits per heavy atom. The molecule has 4 rings (SSSR count). The van der Waals surface area contributed by atoms with Crippen molar-refractivity contribution in [3.05, 3.63) is 60.7 Å². The van der Waals surface area contributed by atoms with Gasteiger partial charge in [0, 0.05) is 0 Å². The molecule has 2 aromatic carbocycles. The molecule has 0 bridgehead atoms. The molecule has 2 fully saturated rings. The van der Waals surface area contributed by atoms with Gasteiger partial charge in [0.1, 0.15) is 0 Å². The zero-order chi connectivity index (χ0) is 16.4. The Kier molecular flexibility index (Phi) is 5.04. The predicted molar refractivity (Wildman–Crippen MR) is 107 cm³/mol. The van der Waals surface area contributed by atoms with Crippen LogP contribution in [0.1, 0.15) is 45.4 Å². The van der Waals surface area contributed by atoms with E-state index < -0.39 is 0 Å². The minimum atomic E-state index is -0.226. The largest absolute Gasteiger partial charge is 0.0622 e. The van der Waals surface area contributed by atoms with E-state index in [1.807, 2.05) is 0 Å². The Labute approximate surface area is 148 Å². The van der Waals surface area contributed by atoms with Crippen LogP contribution in [0.2, 0.25) is 0 Å². The van der Waals surface area contributed by atoms with Crippen molar-refractivity contribution in [3.63, 3.8) is 0 Å². The van der Waals surface area contributed by atoms with Crippen molar-refractivity contribution in [3.8, 4) is 0 Å². The first-order valence-corrected chi connectivity index (χ1v) is 11.1. The zero-order valence-corrected chi connectivity index (χ0v) is 15.7. The van der Waals surface area contributed by atoms with Crippen molar-refractivity contribution < 1.29 is 0 Å². The second-order valence-electron chi connectivity index (χ2n) is 7.78. The Morgan fingerprint density at radius 1 is 0.667 bits per heavy atom. The average molecular weight is 336 g/mol. The molecule has 0 spiro atoms. The lowest BCUT2D eigenvalue weighted by molar-refractivity contribution is 0.284. The molecule has 4 atom stereocenters. The Hall–Kier alpha value is -1.13. The summed E-state index contributed by atoms with van der Waals surface area (Å²) in [6, 6.07) is 22.8. The van der Waals surface area contributed by atoms with E-state index in [-0.39, 0.29) is 7.92 Å². The fourth-order valence-electron chi connectivity index (χ4n) is 5.31.